The van der Waals surface area contributed by atoms with Gasteiger partial charge in [-0.15, -0.1) is 0 Å². The maximum Gasteiger partial charge on any atom is 0.333 e. The van der Waals surface area contributed by atoms with E-state index in [0.717, 1.165) is 13.8 Å². The van der Waals surface area contributed by atoms with Crippen LogP contribution in [0.4, 0.5) is 13.5 Å². The minimum absolute atomic E-state index is 0. The monoisotopic (exact) mass is 176 g/mol. The Morgan fingerprint density at radius 3 is 1.70 bits per heavy atom. The molecule has 0 aromatic rings. The molecule has 0 unspecified atom stereocenters. The predicted octanol–water partition coefficient (Wildman–Crippen LogP) is 2.20. The summed E-state index contributed by atoms with van der Waals surface area (Å²) in [6.07, 6.45) is 0.139. The molecule has 0 fully saturated rings. The average Bonchev–Trinajstić information content (AvgIpc) is 1.64. The van der Waals surface area contributed by atoms with Crippen LogP contribution in [-0.4, -0.2) is 11.7 Å². The first-order chi connectivity index (χ1) is 3.81. The van der Waals surface area contributed by atoms with E-state index in [1.807, 2.05) is 0 Å². The van der Waals surface area contributed by atoms with E-state index >= 15 is 0 Å². The van der Waals surface area contributed by atoms with Crippen molar-refractivity contribution in [2.75, 3.05) is 0 Å². The Balaban J connectivity index is 0. The summed E-state index contributed by atoms with van der Waals surface area (Å²) >= 11 is 4.56. The Morgan fingerprint density at radius 1 is 1.40 bits per heavy atom. The molecule has 0 aliphatic rings. The molecule has 0 aromatic heterocycles. The van der Waals surface area contributed by atoms with Gasteiger partial charge in [-0.25, -0.2) is 0 Å². The highest BCUT2D eigenvalue weighted by Gasteiger charge is 2.44. The van der Waals surface area contributed by atoms with Crippen molar-refractivity contribution in [2.24, 2.45) is 5.41 Å². The average molecular weight is 177 g/mol. The Labute approximate surface area is 61.7 Å². The van der Waals surface area contributed by atoms with Crippen molar-refractivity contribution in [3.8, 4) is 0 Å². The summed E-state index contributed by atoms with van der Waals surface area (Å²) < 4.78 is 24.1. The zero-order chi connectivity index (χ0) is 7.71. The van der Waals surface area contributed by atoms with Gasteiger partial charge < -0.3 is 4.79 Å². The highest BCUT2D eigenvalue weighted by molar-refractivity contribution is 6.23. The fraction of sp³-hybridized carbons (Fsp3) is 0.800. The lowest BCUT2D eigenvalue weighted by atomic mass is 9.97. The third kappa shape index (κ3) is 2.56. The summed E-state index contributed by atoms with van der Waals surface area (Å²) in [5.41, 5.74) is -1.77. The van der Waals surface area contributed by atoms with E-state index in [-0.39, 0.29) is 11.0 Å². The van der Waals surface area contributed by atoms with E-state index in [4.69, 9.17) is 0 Å². The summed E-state index contributed by atoms with van der Waals surface area (Å²) in [6, 6.07) is 0. The number of aldehydes is 1. The van der Waals surface area contributed by atoms with E-state index in [9.17, 15) is 13.6 Å². The molecule has 0 atom stereocenters. The van der Waals surface area contributed by atoms with Gasteiger partial charge in [-0.2, -0.15) is 8.78 Å². The van der Waals surface area contributed by atoms with Crippen LogP contribution in [0.15, 0.2) is 0 Å². The van der Waals surface area contributed by atoms with Gasteiger partial charge in [0.05, 0.1) is 5.41 Å². The van der Waals surface area contributed by atoms with Gasteiger partial charge in [0.25, 0.3) is 0 Å². The molecular formula is C5H8ClF3O. The number of alkyl halides is 3. The lowest BCUT2D eigenvalue weighted by Crippen LogP contribution is -2.32. The summed E-state index contributed by atoms with van der Waals surface area (Å²) in [4.78, 5) is 9.91. The minimum atomic E-state index is -3.45. The molecular weight excluding hydrogens is 169 g/mol. The molecule has 0 aliphatic heterocycles. The van der Waals surface area contributed by atoms with E-state index < -0.39 is 10.8 Å². The molecule has 0 saturated carbocycles. The van der Waals surface area contributed by atoms with Gasteiger partial charge in [0.15, 0.2) is 0 Å². The van der Waals surface area contributed by atoms with Crippen LogP contribution in [0, 0.1) is 5.41 Å². The second-order valence-corrected chi connectivity index (χ2v) is 2.81. The Kier molecular flexibility index (Phi) is 4.02. The van der Waals surface area contributed by atoms with Crippen molar-refractivity contribution in [3.05, 3.63) is 0 Å². The highest BCUT2D eigenvalue weighted by Crippen LogP contribution is 2.37. The third-order valence-corrected chi connectivity index (χ3v) is 1.51. The number of hydrogen-bond acceptors (Lipinski definition) is 1. The fourth-order valence-electron chi connectivity index (χ4n) is 0.0668. The van der Waals surface area contributed by atoms with Gasteiger partial charge in [0, 0.05) is 0 Å². The zero-order valence-corrected chi connectivity index (χ0v) is 6.28. The summed E-state index contributed by atoms with van der Waals surface area (Å²) in [5, 5.41) is -3.45. The molecule has 5 heteroatoms. The first-order valence-corrected chi connectivity index (χ1v) is 2.72. The molecule has 0 radical (unpaired) electrons. The van der Waals surface area contributed by atoms with Crippen LogP contribution in [0.5, 0.6) is 0 Å². The predicted molar refractivity (Wildman–Crippen MR) is 33.1 cm³/mol. The van der Waals surface area contributed by atoms with E-state index in [1.165, 1.54) is 0 Å². The number of carbonyl (C=O) groups is 1. The first-order valence-electron chi connectivity index (χ1n) is 2.34. The number of rotatable bonds is 2. The van der Waals surface area contributed by atoms with Crippen LogP contribution in [0.25, 0.3) is 0 Å². The Hall–Kier alpha value is -0.250. The van der Waals surface area contributed by atoms with E-state index in [1.54, 1.807) is 0 Å². The molecule has 10 heavy (non-hydrogen) atoms. The Bertz CT molecular complexity index is 119. The molecule has 0 aromatic carbocycles. The molecule has 0 amide bonds. The van der Waals surface area contributed by atoms with E-state index in [0.29, 0.717) is 0 Å². The van der Waals surface area contributed by atoms with Crippen molar-refractivity contribution >= 4 is 17.9 Å². The zero-order valence-electron chi connectivity index (χ0n) is 5.53. The first kappa shape index (κ1) is 12.4. The summed E-state index contributed by atoms with van der Waals surface area (Å²) in [7, 11) is 0. The maximum absolute atomic E-state index is 12.0. The van der Waals surface area contributed by atoms with Crippen molar-refractivity contribution in [3.63, 3.8) is 0 Å². The van der Waals surface area contributed by atoms with Crippen LogP contribution < -0.4 is 0 Å². The quantitative estimate of drug-likeness (QED) is 0.466. The molecule has 0 spiro atoms. The Morgan fingerprint density at radius 2 is 1.70 bits per heavy atom. The van der Waals surface area contributed by atoms with Gasteiger partial charge in [-0.05, 0) is 25.4 Å². The van der Waals surface area contributed by atoms with Crippen LogP contribution in [0.1, 0.15) is 13.8 Å². The molecule has 0 aliphatic carbocycles. The third-order valence-electron chi connectivity index (χ3n) is 1.03. The minimum Gasteiger partial charge on any atom is -0.302 e. The van der Waals surface area contributed by atoms with Gasteiger partial charge in [-0.3, -0.25) is 4.70 Å². The summed E-state index contributed by atoms with van der Waals surface area (Å²) in [5.74, 6) is 0. The highest BCUT2D eigenvalue weighted by atomic mass is 35.5. The fourth-order valence-corrected chi connectivity index (χ4v) is 0.111. The molecule has 0 bridgehead atoms. The smallest absolute Gasteiger partial charge is 0.302 e. The van der Waals surface area contributed by atoms with Crippen molar-refractivity contribution < 1.29 is 18.3 Å². The van der Waals surface area contributed by atoms with E-state index in [2.05, 4.69) is 11.6 Å². The van der Waals surface area contributed by atoms with Gasteiger partial charge in [0.2, 0.25) is 0 Å². The lowest BCUT2D eigenvalue weighted by molar-refractivity contribution is -0.125. The topological polar surface area (TPSA) is 17.1 Å². The van der Waals surface area contributed by atoms with Crippen molar-refractivity contribution in [1.29, 1.82) is 0 Å². The molecule has 0 heterocycles. The second-order valence-electron chi connectivity index (χ2n) is 2.34. The molecule has 0 N–H and O–H groups in total. The van der Waals surface area contributed by atoms with Crippen molar-refractivity contribution in [1.82, 2.24) is 0 Å². The number of hydrogen-bond donors (Lipinski definition) is 0. The van der Waals surface area contributed by atoms with Gasteiger partial charge in [-0.1, -0.05) is 0 Å². The molecule has 1 nitrogen and oxygen atoms in total. The van der Waals surface area contributed by atoms with Crippen LogP contribution in [-0.2, 0) is 4.79 Å². The molecule has 0 saturated heterocycles. The summed E-state index contributed by atoms with van der Waals surface area (Å²) in [6.45, 7) is 2.15. The van der Waals surface area contributed by atoms with Crippen LogP contribution in [0.2, 0.25) is 0 Å². The molecule has 62 valence electrons. The second kappa shape index (κ2) is 3.23. The van der Waals surface area contributed by atoms with Gasteiger partial charge >= 0.3 is 5.38 Å². The largest absolute Gasteiger partial charge is 0.333 e. The van der Waals surface area contributed by atoms with Crippen molar-refractivity contribution in [2.45, 2.75) is 19.2 Å². The number of carbonyl (C=O) groups excluding carboxylic acids is 1. The maximum atomic E-state index is 12.0. The normalized spacial score (nSPS) is 12.1. The molecule has 0 rings (SSSR count). The lowest BCUT2D eigenvalue weighted by Gasteiger charge is -2.21. The number of halogens is 4. The van der Waals surface area contributed by atoms with Crippen LogP contribution >= 0.6 is 11.6 Å². The standard InChI is InChI=1S/C5H7ClF2O.FH/c1-4(2,3-9)5(6,7)8;/h3H,1-2H3;1H. The SMILES string of the molecule is CC(C)(C=O)C(F)(F)Cl.F. The van der Waals surface area contributed by atoms with Crippen LogP contribution in [0.3, 0.4) is 0 Å². The van der Waals surface area contributed by atoms with Gasteiger partial charge in [0.1, 0.15) is 6.29 Å².